The first-order valence-corrected chi connectivity index (χ1v) is 10.2. The van der Waals surface area contributed by atoms with Crippen molar-refractivity contribution in [3.8, 4) is 0 Å². The average molecular weight is 399 g/mol. The first-order chi connectivity index (χ1) is 14.0. The minimum Gasteiger partial charge on any atom is -0.326 e. The summed E-state index contributed by atoms with van der Waals surface area (Å²) in [5, 5.41) is 13.1. The Bertz CT molecular complexity index is 746. The summed E-state index contributed by atoms with van der Waals surface area (Å²) in [6.07, 6.45) is 5.74. The van der Waals surface area contributed by atoms with Gasteiger partial charge in [0.2, 0.25) is 18.2 Å². The van der Waals surface area contributed by atoms with Crippen LogP contribution in [0.4, 0.5) is 5.69 Å². The van der Waals surface area contributed by atoms with E-state index in [4.69, 9.17) is 0 Å². The molecule has 1 aliphatic heterocycles. The number of carbonyl (C=O) groups excluding carboxylic acids is 3. The average Bonchev–Trinajstić information content (AvgIpc) is 3.37. The van der Waals surface area contributed by atoms with Crippen LogP contribution in [0.5, 0.6) is 0 Å². The third-order valence-electron chi connectivity index (χ3n) is 5.85. The lowest BCUT2D eigenvalue weighted by Gasteiger charge is -2.30. The molecule has 1 saturated carbocycles. The van der Waals surface area contributed by atoms with Crippen LogP contribution < -0.4 is 5.32 Å². The second kappa shape index (κ2) is 9.69. The Labute approximate surface area is 171 Å². The van der Waals surface area contributed by atoms with E-state index in [9.17, 15) is 19.6 Å². The van der Waals surface area contributed by atoms with Gasteiger partial charge in [-0.25, -0.2) is 5.06 Å². The van der Waals surface area contributed by atoms with Gasteiger partial charge in [0.15, 0.2) is 0 Å². The van der Waals surface area contributed by atoms with Crippen LogP contribution in [0.2, 0.25) is 0 Å². The number of rotatable bonds is 8. The first-order valence-electron chi connectivity index (χ1n) is 10.2. The van der Waals surface area contributed by atoms with Crippen LogP contribution in [-0.2, 0) is 14.4 Å². The fraction of sp³-hybridized carbons (Fsp3) is 0.500. The number of nitrogens with one attached hydrogen (secondary N) is 1. The van der Waals surface area contributed by atoms with Crippen molar-refractivity contribution in [1.29, 1.82) is 0 Å². The zero-order chi connectivity index (χ0) is 20.8. The summed E-state index contributed by atoms with van der Waals surface area (Å²) in [7, 11) is 0. The van der Waals surface area contributed by atoms with E-state index in [1.807, 2.05) is 18.2 Å². The van der Waals surface area contributed by atoms with Crippen LogP contribution in [0.3, 0.4) is 0 Å². The highest BCUT2D eigenvalue weighted by molar-refractivity contribution is 5.98. The molecule has 1 heterocycles. The number of para-hydroxylation sites is 1. The Kier molecular flexibility index (Phi) is 7.04. The Morgan fingerprint density at radius 3 is 2.62 bits per heavy atom. The molecule has 0 unspecified atom stereocenters. The normalized spacial score (nSPS) is 20.5. The van der Waals surface area contributed by atoms with Crippen LogP contribution in [0, 0.1) is 11.8 Å². The summed E-state index contributed by atoms with van der Waals surface area (Å²) >= 11 is 0. The number of benzene rings is 1. The molecule has 0 bridgehead atoms. The molecule has 2 atom stereocenters. The monoisotopic (exact) mass is 399 g/mol. The van der Waals surface area contributed by atoms with Crippen LogP contribution in [0.25, 0.3) is 0 Å². The molecule has 0 radical (unpaired) electrons. The SMILES string of the molecule is C=C1C[C@@H](C(=O)Nc2ccccc2)N(C(=O)[C@H](CC2CCCC2)CN(O)C=O)C1. The summed E-state index contributed by atoms with van der Waals surface area (Å²) in [6, 6.07) is 8.49. The molecule has 1 aromatic rings. The fourth-order valence-corrected chi connectivity index (χ4v) is 4.42. The Morgan fingerprint density at radius 2 is 1.97 bits per heavy atom. The van der Waals surface area contributed by atoms with E-state index in [0.717, 1.165) is 31.3 Å². The second-order valence-electron chi connectivity index (χ2n) is 8.10. The predicted molar refractivity (Wildman–Crippen MR) is 109 cm³/mol. The predicted octanol–water partition coefficient (Wildman–Crippen LogP) is 2.83. The number of likely N-dealkylation sites (tertiary alicyclic amines) is 1. The van der Waals surface area contributed by atoms with Gasteiger partial charge in [0.05, 0.1) is 12.5 Å². The molecule has 2 N–H and O–H groups in total. The lowest BCUT2D eigenvalue weighted by atomic mass is 9.91. The molecule has 2 fully saturated rings. The zero-order valence-electron chi connectivity index (χ0n) is 16.6. The van der Waals surface area contributed by atoms with Gasteiger partial charge in [0.1, 0.15) is 6.04 Å². The molecule has 7 nitrogen and oxygen atoms in total. The van der Waals surface area contributed by atoms with Crippen molar-refractivity contribution < 1.29 is 19.6 Å². The Hall–Kier alpha value is -2.67. The fourth-order valence-electron chi connectivity index (χ4n) is 4.42. The number of carbonyl (C=O) groups is 3. The molecule has 2 aliphatic rings. The molecule has 1 saturated heterocycles. The van der Waals surface area contributed by atoms with Gasteiger partial charge < -0.3 is 10.2 Å². The summed E-state index contributed by atoms with van der Waals surface area (Å²) in [6.45, 7) is 4.23. The summed E-state index contributed by atoms with van der Waals surface area (Å²) in [4.78, 5) is 38.7. The van der Waals surface area contributed by atoms with Crippen LogP contribution in [0.1, 0.15) is 38.5 Å². The smallest absolute Gasteiger partial charge is 0.247 e. The number of amides is 3. The highest BCUT2D eigenvalue weighted by atomic mass is 16.5. The number of hydroxylamine groups is 2. The number of hydrogen-bond donors (Lipinski definition) is 2. The van der Waals surface area contributed by atoms with Crippen molar-refractivity contribution in [3.63, 3.8) is 0 Å². The highest BCUT2D eigenvalue weighted by Gasteiger charge is 2.40. The molecule has 1 aliphatic carbocycles. The maximum Gasteiger partial charge on any atom is 0.247 e. The lowest BCUT2D eigenvalue weighted by molar-refractivity contribution is -0.158. The van der Waals surface area contributed by atoms with E-state index in [1.54, 1.807) is 17.0 Å². The van der Waals surface area contributed by atoms with Crippen molar-refractivity contribution in [1.82, 2.24) is 9.96 Å². The molecule has 0 spiro atoms. The van der Waals surface area contributed by atoms with Crippen molar-refractivity contribution in [2.24, 2.45) is 11.8 Å². The van der Waals surface area contributed by atoms with Gasteiger partial charge in [-0.1, -0.05) is 56.0 Å². The van der Waals surface area contributed by atoms with Gasteiger partial charge in [0, 0.05) is 12.2 Å². The number of anilines is 1. The molecule has 7 heteroatoms. The quantitative estimate of drug-likeness (QED) is 0.304. The third-order valence-corrected chi connectivity index (χ3v) is 5.85. The van der Waals surface area contributed by atoms with Crippen LogP contribution in [0.15, 0.2) is 42.5 Å². The van der Waals surface area contributed by atoms with E-state index < -0.39 is 12.0 Å². The van der Waals surface area contributed by atoms with Gasteiger partial charge >= 0.3 is 0 Å². The first kappa shape index (κ1) is 21.0. The third kappa shape index (κ3) is 5.44. The van der Waals surface area contributed by atoms with Gasteiger partial charge in [-0.15, -0.1) is 0 Å². The maximum absolute atomic E-state index is 13.3. The highest BCUT2D eigenvalue weighted by Crippen LogP contribution is 2.33. The van der Waals surface area contributed by atoms with E-state index in [0.29, 0.717) is 42.5 Å². The van der Waals surface area contributed by atoms with Gasteiger partial charge in [0.25, 0.3) is 0 Å². The Balaban J connectivity index is 1.73. The van der Waals surface area contributed by atoms with E-state index in [1.165, 1.54) is 0 Å². The summed E-state index contributed by atoms with van der Waals surface area (Å²) in [5.41, 5.74) is 1.50. The zero-order valence-corrected chi connectivity index (χ0v) is 16.6. The number of nitrogens with zero attached hydrogens (tertiary/aromatic N) is 2. The van der Waals surface area contributed by atoms with Gasteiger partial charge in [-0.2, -0.15) is 0 Å². The van der Waals surface area contributed by atoms with Crippen molar-refractivity contribution in [2.45, 2.75) is 44.6 Å². The molecule has 156 valence electrons. The van der Waals surface area contributed by atoms with E-state index in [-0.39, 0.29) is 18.4 Å². The lowest BCUT2D eigenvalue weighted by Crippen LogP contribution is -2.47. The van der Waals surface area contributed by atoms with Crippen molar-refractivity contribution in [2.75, 3.05) is 18.4 Å². The minimum atomic E-state index is -0.635. The molecular formula is C22H29N3O4. The summed E-state index contributed by atoms with van der Waals surface area (Å²) < 4.78 is 0. The van der Waals surface area contributed by atoms with Crippen molar-refractivity contribution >= 4 is 23.9 Å². The second-order valence-corrected chi connectivity index (χ2v) is 8.10. The molecule has 1 aromatic carbocycles. The maximum atomic E-state index is 13.3. The summed E-state index contributed by atoms with van der Waals surface area (Å²) in [5.74, 6) is -0.582. The molecule has 0 aromatic heterocycles. The van der Waals surface area contributed by atoms with Crippen LogP contribution in [-0.4, -0.2) is 52.5 Å². The molecule has 29 heavy (non-hydrogen) atoms. The Morgan fingerprint density at radius 1 is 1.28 bits per heavy atom. The number of hydrogen-bond acceptors (Lipinski definition) is 4. The van der Waals surface area contributed by atoms with Gasteiger partial charge in [-0.05, 0) is 30.9 Å². The molecule has 3 amide bonds. The molecule has 3 rings (SSSR count). The minimum absolute atomic E-state index is 0.0607. The van der Waals surface area contributed by atoms with E-state index in [2.05, 4.69) is 11.9 Å². The van der Waals surface area contributed by atoms with Gasteiger partial charge in [-0.3, -0.25) is 19.6 Å². The standard InChI is InChI=1S/C22H29N3O4/c1-16-11-20(21(27)23-19-9-3-2-4-10-19)25(13-16)22(28)18(14-24(29)15-26)12-17-7-5-6-8-17/h2-4,9-10,15,17-18,20,29H,1,5-8,11-14H2,(H,23,27)/t18-,20+/m1/s1. The largest absolute Gasteiger partial charge is 0.326 e. The topological polar surface area (TPSA) is 90.0 Å². The molecular weight excluding hydrogens is 370 g/mol. The van der Waals surface area contributed by atoms with Crippen molar-refractivity contribution in [3.05, 3.63) is 42.5 Å². The van der Waals surface area contributed by atoms with Crippen LogP contribution >= 0.6 is 0 Å². The van der Waals surface area contributed by atoms with E-state index >= 15 is 0 Å².